The molecular weight excluding hydrogens is 231 g/mol. The van der Waals surface area contributed by atoms with E-state index in [0.717, 1.165) is 25.2 Å². The molecule has 0 spiro atoms. The number of hydrogen-bond acceptors (Lipinski definition) is 3. The van der Waals surface area contributed by atoms with Crippen LogP contribution in [0.1, 0.15) is 36.5 Å². The van der Waals surface area contributed by atoms with Crippen molar-refractivity contribution >= 4 is 11.6 Å². The minimum atomic E-state index is -0.328. The zero-order chi connectivity index (χ0) is 13.0. The number of nitrogens with one attached hydrogen (secondary N) is 1. The highest BCUT2D eigenvalue weighted by Crippen LogP contribution is 2.09. The zero-order valence-electron chi connectivity index (χ0n) is 10.4. The van der Waals surface area contributed by atoms with E-state index < -0.39 is 0 Å². The van der Waals surface area contributed by atoms with Gasteiger partial charge in [0, 0.05) is 18.2 Å². The molecule has 0 aromatic heterocycles. The van der Waals surface area contributed by atoms with E-state index in [1.807, 2.05) is 0 Å². The Morgan fingerprint density at radius 3 is 2.83 bits per heavy atom. The summed E-state index contributed by atoms with van der Waals surface area (Å²) >= 11 is 0. The molecular formula is C14H17FN2O. The van der Waals surface area contributed by atoms with Crippen LogP contribution < -0.4 is 5.32 Å². The Balaban J connectivity index is 1.99. The van der Waals surface area contributed by atoms with Crippen LogP contribution in [0.3, 0.4) is 0 Å². The number of amidine groups is 1. The second-order valence-corrected chi connectivity index (χ2v) is 4.47. The average Bonchev–Trinajstić information content (AvgIpc) is 2.39. The van der Waals surface area contributed by atoms with Gasteiger partial charge in [-0.05, 0) is 37.1 Å². The molecule has 0 radical (unpaired) electrons. The highest BCUT2D eigenvalue weighted by atomic mass is 19.1. The Hall–Kier alpha value is -1.71. The number of rotatable bonds is 4. The first-order valence-electron chi connectivity index (χ1n) is 6.27. The molecule has 18 heavy (non-hydrogen) atoms. The Morgan fingerprint density at radius 2 is 2.17 bits per heavy atom. The predicted octanol–water partition coefficient (Wildman–Crippen LogP) is 2.57. The van der Waals surface area contributed by atoms with Gasteiger partial charge in [-0.1, -0.05) is 6.92 Å². The van der Waals surface area contributed by atoms with Crippen molar-refractivity contribution in [1.29, 1.82) is 0 Å². The van der Waals surface area contributed by atoms with Gasteiger partial charge in [0.1, 0.15) is 11.7 Å². The van der Waals surface area contributed by atoms with Crippen LogP contribution in [0.25, 0.3) is 0 Å². The Kier molecular flexibility index (Phi) is 4.07. The first kappa shape index (κ1) is 12.7. The highest BCUT2D eigenvalue weighted by Gasteiger charge is 2.16. The minimum Gasteiger partial charge on any atom is -0.371 e. The van der Waals surface area contributed by atoms with E-state index in [0.29, 0.717) is 11.6 Å². The standard InChI is InChI=1S/C14H17FN2O/c1-2-12-7-8-16-14(17-12)9-13(18)10-3-5-11(15)6-4-10/h3-6,12H,2,7-9H2,1H3,(H,16,17). The van der Waals surface area contributed by atoms with Crippen LogP contribution in [0.4, 0.5) is 4.39 Å². The number of Topliss-reactive ketones (excluding diaryl/α,β-unsaturated/α-hetero) is 1. The second kappa shape index (κ2) is 5.76. The number of halogens is 1. The molecule has 2 rings (SSSR count). The molecule has 1 N–H and O–H groups in total. The molecule has 1 aliphatic rings. The smallest absolute Gasteiger partial charge is 0.170 e. The Bertz CT molecular complexity index is 453. The minimum absolute atomic E-state index is 0.0296. The lowest BCUT2D eigenvalue weighted by molar-refractivity contribution is 0.0999. The molecule has 0 fully saturated rings. The Morgan fingerprint density at radius 1 is 1.44 bits per heavy atom. The third kappa shape index (κ3) is 3.15. The monoisotopic (exact) mass is 248 g/mol. The van der Waals surface area contributed by atoms with Crippen LogP contribution >= 0.6 is 0 Å². The van der Waals surface area contributed by atoms with Gasteiger partial charge in [0.05, 0.1) is 6.42 Å². The maximum Gasteiger partial charge on any atom is 0.170 e. The molecule has 0 amide bonds. The van der Waals surface area contributed by atoms with Crippen LogP contribution in [0.2, 0.25) is 0 Å². The van der Waals surface area contributed by atoms with Gasteiger partial charge in [0.15, 0.2) is 5.78 Å². The molecule has 0 saturated heterocycles. The number of nitrogens with zero attached hydrogens (tertiary/aromatic N) is 1. The molecule has 1 atom stereocenters. The summed E-state index contributed by atoms with van der Waals surface area (Å²) in [6.45, 7) is 2.89. The van der Waals surface area contributed by atoms with E-state index in [-0.39, 0.29) is 18.0 Å². The summed E-state index contributed by atoms with van der Waals surface area (Å²) in [5.41, 5.74) is 0.527. The quantitative estimate of drug-likeness (QED) is 0.832. The number of aliphatic imine (C=N–C) groups is 1. The summed E-state index contributed by atoms with van der Waals surface area (Å²) < 4.78 is 12.8. The molecule has 0 aliphatic carbocycles. The van der Waals surface area contributed by atoms with Crippen molar-refractivity contribution in [3.05, 3.63) is 35.6 Å². The lowest BCUT2D eigenvalue weighted by atomic mass is 10.1. The van der Waals surface area contributed by atoms with Crippen molar-refractivity contribution < 1.29 is 9.18 Å². The van der Waals surface area contributed by atoms with E-state index >= 15 is 0 Å². The van der Waals surface area contributed by atoms with Crippen molar-refractivity contribution in [1.82, 2.24) is 5.32 Å². The van der Waals surface area contributed by atoms with Crippen molar-refractivity contribution in [3.63, 3.8) is 0 Å². The molecule has 1 aromatic carbocycles. The van der Waals surface area contributed by atoms with Gasteiger partial charge in [0.2, 0.25) is 0 Å². The maximum absolute atomic E-state index is 12.8. The number of benzene rings is 1. The molecule has 1 aliphatic heterocycles. The van der Waals surface area contributed by atoms with Crippen molar-refractivity contribution in [2.24, 2.45) is 4.99 Å². The first-order chi connectivity index (χ1) is 8.69. The second-order valence-electron chi connectivity index (χ2n) is 4.47. The van der Waals surface area contributed by atoms with Gasteiger partial charge in [0.25, 0.3) is 0 Å². The number of ketones is 1. The van der Waals surface area contributed by atoms with Gasteiger partial charge in [-0.25, -0.2) is 4.39 Å². The van der Waals surface area contributed by atoms with Crippen LogP contribution in [0.5, 0.6) is 0 Å². The first-order valence-corrected chi connectivity index (χ1v) is 6.27. The van der Waals surface area contributed by atoms with Crippen LogP contribution in [-0.4, -0.2) is 24.2 Å². The maximum atomic E-state index is 12.8. The average molecular weight is 248 g/mol. The summed E-state index contributed by atoms with van der Waals surface area (Å²) in [5, 5.41) is 3.27. The number of hydrogen-bond donors (Lipinski definition) is 1. The molecule has 1 heterocycles. The molecule has 1 aromatic rings. The fourth-order valence-electron chi connectivity index (χ4n) is 2.01. The SMILES string of the molecule is CCC1CCN=C(CC(=O)c2ccc(F)cc2)N1. The van der Waals surface area contributed by atoms with Gasteiger partial charge in [-0.3, -0.25) is 9.79 Å². The van der Waals surface area contributed by atoms with E-state index in [1.54, 1.807) is 0 Å². The van der Waals surface area contributed by atoms with Crippen molar-refractivity contribution in [2.45, 2.75) is 32.2 Å². The number of carbonyl (C=O) groups is 1. The third-order valence-corrected chi connectivity index (χ3v) is 3.14. The van der Waals surface area contributed by atoms with Gasteiger partial charge in [-0.15, -0.1) is 0 Å². The fraction of sp³-hybridized carbons (Fsp3) is 0.429. The van der Waals surface area contributed by atoms with Crippen molar-refractivity contribution in [3.8, 4) is 0 Å². The van der Waals surface area contributed by atoms with E-state index in [1.165, 1.54) is 24.3 Å². The molecule has 0 bridgehead atoms. The lowest BCUT2D eigenvalue weighted by Gasteiger charge is -2.23. The van der Waals surface area contributed by atoms with Crippen LogP contribution in [0.15, 0.2) is 29.3 Å². The number of carbonyl (C=O) groups excluding carboxylic acids is 1. The third-order valence-electron chi connectivity index (χ3n) is 3.14. The van der Waals surface area contributed by atoms with E-state index in [9.17, 15) is 9.18 Å². The summed E-state index contributed by atoms with van der Waals surface area (Å²) in [7, 11) is 0. The summed E-state index contributed by atoms with van der Waals surface area (Å²) in [5.74, 6) is 0.395. The van der Waals surface area contributed by atoms with Crippen molar-refractivity contribution in [2.75, 3.05) is 6.54 Å². The highest BCUT2D eigenvalue weighted by molar-refractivity contribution is 6.09. The summed E-state index contributed by atoms with van der Waals surface area (Å²) in [6.07, 6.45) is 2.32. The van der Waals surface area contributed by atoms with Gasteiger partial charge < -0.3 is 5.32 Å². The normalized spacial score (nSPS) is 19.0. The largest absolute Gasteiger partial charge is 0.371 e. The summed E-state index contributed by atoms with van der Waals surface area (Å²) in [6, 6.07) is 6.05. The van der Waals surface area contributed by atoms with E-state index in [4.69, 9.17) is 0 Å². The molecule has 96 valence electrons. The van der Waals surface area contributed by atoms with Crippen LogP contribution in [-0.2, 0) is 0 Å². The fourth-order valence-corrected chi connectivity index (χ4v) is 2.01. The lowest BCUT2D eigenvalue weighted by Crippen LogP contribution is -2.39. The van der Waals surface area contributed by atoms with Gasteiger partial charge >= 0.3 is 0 Å². The zero-order valence-corrected chi connectivity index (χ0v) is 10.4. The summed E-state index contributed by atoms with van der Waals surface area (Å²) in [4.78, 5) is 16.3. The topological polar surface area (TPSA) is 41.5 Å². The molecule has 0 saturated carbocycles. The molecule has 3 nitrogen and oxygen atoms in total. The molecule has 1 unspecified atom stereocenters. The Labute approximate surface area is 106 Å². The van der Waals surface area contributed by atoms with Gasteiger partial charge in [-0.2, -0.15) is 0 Å². The molecule has 4 heteroatoms. The van der Waals surface area contributed by atoms with Crippen LogP contribution in [0, 0.1) is 5.82 Å². The van der Waals surface area contributed by atoms with E-state index in [2.05, 4.69) is 17.2 Å². The predicted molar refractivity (Wildman–Crippen MR) is 69.5 cm³/mol.